The number of rotatable bonds is 4. The van der Waals surface area contributed by atoms with Crippen molar-refractivity contribution in [3.05, 3.63) is 120 Å². The third-order valence-electron chi connectivity index (χ3n) is 6.75. The summed E-state index contributed by atoms with van der Waals surface area (Å²) in [7, 11) is -2.54. The minimum atomic E-state index is -4.84. The topological polar surface area (TPSA) is 24.9 Å². The van der Waals surface area contributed by atoms with Gasteiger partial charge in [-0.15, -0.1) is 0 Å². The van der Waals surface area contributed by atoms with Crippen molar-refractivity contribution in [2.75, 3.05) is 9.80 Å². The van der Waals surface area contributed by atoms with Crippen molar-refractivity contribution in [1.82, 2.24) is 0 Å². The van der Waals surface area contributed by atoms with Gasteiger partial charge in [-0.3, -0.25) is 9.64 Å². The summed E-state index contributed by atoms with van der Waals surface area (Å²) in [5.74, 6) is -1.88. The molecule has 2 heterocycles. The summed E-state index contributed by atoms with van der Waals surface area (Å²) >= 11 is 0. The van der Waals surface area contributed by atoms with Crippen LogP contribution in [0.25, 0.3) is 0 Å². The first-order chi connectivity index (χ1) is 18.1. The Morgan fingerprint density at radius 2 is 1.08 bits per heavy atom. The highest BCUT2D eigenvalue weighted by molar-refractivity contribution is 6.69. The minimum Gasteiger partial charge on any atom is -0.371 e. The van der Waals surface area contributed by atoms with E-state index in [4.69, 9.17) is 9.16 Å². The van der Waals surface area contributed by atoms with E-state index >= 15 is 13.2 Å². The lowest BCUT2D eigenvalue weighted by Gasteiger charge is -2.62. The van der Waals surface area contributed by atoms with E-state index in [0.29, 0.717) is 28.3 Å². The number of para-hydroxylation sites is 4. The van der Waals surface area contributed by atoms with Crippen LogP contribution in [-0.2, 0) is 20.8 Å². The van der Waals surface area contributed by atoms with Crippen LogP contribution in [0.3, 0.4) is 0 Å². The Labute approximate surface area is 221 Å². The van der Waals surface area contributed by atoms with Crippen molar-refractivity contribution in [3.63, 3.8) is 0 Å². The lowest BCUT2D eigenvalue weighted by atomic mass is 9.87. The van der Waals surface area contributed by atoms with E-state index in [2.05, 4.69) is 0 Å². The van der Waals surface area contributed by atoms with Crippen LogP contribution in [-0.4, -0.2) is 14.5 Å². The van der Waals surface area contributed by atoms with Gasteiger partial charge >= 0.3 is 6.18 Å². The van der Waals surface area contributed by atoms with Gasteiger partial charge in [0, 0.05) is 16.9 Å². The number of ether oxygens (including phenoxy) is 1. The summed E-state index contributed by atoms with van der Waals surface area (Å²) in [6.45, 7) is 5.86. The number of benzene rings is 4. The fourth-order valence-corrected chi connectivity index (χ4v) is 6.59. The van der Waals surface area contributed by atoms with E-state index in [1.54, 1.807) is 71.6 Å². The molecular formula is C30H27F3N2O2Si. The molecule has 4 nitrogen and oxygen atoms in total. The van der Waals surface area contributed by atoms with E-state index < -0.39 is 26.1 Å². The summed E-state index contributed by atoms with van der Waals surface area (Å²) in [5.41, 5.74) is -0.593. The largest absolute Gasteiger partial charge is 0.442 e. The second-order valence-electron chi connectivity index (χ2n) is 10.4. The van der Waals surface area contributed by atoms with Crippen LogP contribution in [0.2, 0.25) is 19.6 Å². The van der Waals surface area contributed by atoms with Gasteiger partial charge in [-0.1, -0.05) is 66.7 Å². The number of alkyl halides is 3. The summed E-state index contributed by atoms with van der Waals surface area (Å²) in [6, 6.07) is 31.6. The van der Waals surface area contributed by atoms with E-state index in [1.807, 2.05) is 56.0 Å². The molecule has 4 aromatic carbocycles. The molecule has 0 N–H and O–H groups in total. The van der Waals surface area contributed by atoms with Crippen LogP contribution in [0.15, 0.2) is 109 Å². The Morgan fingerprint density at radius 3 is 1.61 bits per heavy atom. The number of hydrogen-bond donors (Lipinski definition) is 0. The Kier molecular flexibility index (Phi) is 5.50. The molecule has 2 aliphatic heterocycles. The molecule has 2 atom stereocenters. The molecule has 0 saturated heterocycles. The van der Waals surface area contributed by atoms with Gasteiger partial charge in [0.25, 0.3) is 11.6 Å². The zero-order valence-electron chi connectivity index (χ0n) is 21.2. The summed E-state index contributed by atoms with van der Waals surface area (Å²) < 4.78 is 60.8. The molecule has 2 aliphatic rings. The smallest absolute Gasteiger partial charge is 0.371 e. The molecular weight excluding hydrogens is 505 g/mol. The highest BCUT2D eigenvalue weighted by Gasteiger charge is 2.73. The van der Waals surface area contributed by atoms with Gasteiger partial charge < -0.3 is 9.33 Å². The third-order valence-corrected chi connectivity index (χ3v) is 7.64. The van der Waals surface area contributed by atoms with Crippen molar-refractivity contribution in [2.45, 2.75) is 37.5 Å². The van der Waals surface area contributed by atoms with E-state index in [-0.39, 0.29) is 5.56 Å². The molecule has 6 rings (SSSR count). The monoisotopic (exact) mass is 532 g/mol. The van der Waals surface area contributed by atoms with Gasteiger partial charge in [-0.2, -0.15) is 13.2 Å². The molecule has 0 amide bonds. The number of anilines is 4. The van der Waals surface area contributed by atoms with Crippen molar-refractivity contribution < 1.29 is 22.3 Å². The fraction of sp³-hybridized carbons (Fsp3) is 0.200. The van der Waals surface area contributed by atoms with E-state index in [9.17, 15) is 0 Å². The number of nitrogens with zero attached hydrogens (tertiary/aromatic N) is 2. The molecule has 0 spiro atoms. The molecule has 0 saturated carbocycles. The number of fused-ring (bicyclic) bond motifs is 6. The maximum atomic E-state index is 15.8. The minimum absolute atomic E-state index is 0.00971. The molecule has 0 fully saturated rings. The average Bonchev–Trinajstić information content (AvgIpc) is 2.88. The van der Waals surface area contributed by atoms with Crippen LogP contribution >= 0.6 is 0 Å². The Balaban J connectivity index is 1.81. The van der Waals surface area contributed by atoms with Gasteiger partial charge in [-0.25, -0.2) is 0 Å². The van der Waals surface area contributed by atoms with E-state index in [0.717, 1.165) is 0 Å². The molecule has 8 heteroatoms. The molecule has 194 valence electrons. The fourth-order valence-electron chi connectivity index (χ4n) is 5.52. The Hall–Kier alpha value is -3.59. The lowest BCUT2D eigenvalue weighted by Crippen LogP contribution is -2.71. The second kappa shape index (κ2) is 8.46. The van der Waals surface area contributed by atoms with Crippen LogP contribution < -0.4 is 9.80 Å². The van der Waals surface area contributed by atoms with Crippen LogP contribution in [0.1, 0.15) is 11.1 Å². The first-order valence-electron chi connectivity index (χ1n) is 12.5. The highest BCUT2D eigenvalue weighted by Crippen LogP contribution is 2.65. The highest BCUT2D eigenvalue weighted by atomic mass is 28.4. The summed E-state index contributed by atoms with van der Waals surface area (Å²) in [6.07, 6.45) is -4.84. The average molecular weight is 533 g/mol. The zero-order chi connectivity index (χ0) is 26.8. The Bertz CT molecular complexity index is 1480. The zero-order valence-corrected chi connectivity index (χ0v) is 22.2. The number of halogens is 3. The first kappa shape index (κ1) is 24.7. The van der Waals surface area contributed by atoms with Gasteiger partial charge in [0.15, 0.2) is 8.32 Å². The molecule has 0 aliphatic carbocycles. The predicted molar refractivity (Wildman–Crippen MR) is 145 cm³/mol. The van der Waals surface area contributed by atoms with Crippen LogP contribution in [0.4, 0.5) is 35.9 Å². The van der Waals surface area contributed by atoms with E-state index in [1.165, 1.54) is 11.0 Å². The second-order valence-corrected chi connectivity index (χ2v) is 14.8. The molecule has 0 aromatic heterocycles. The quantitative estimate of drug-likeness (QED) is 0.247. The predicted octanol–water partition coefficient (Wildman–Crippen LogP) is 8.38. The van der Waals surface area contributed by atoms with Crippen molar-refractivity contribution >= 4 is 31.1 Å². The summed E-state index contributed by atoms with van der Waals surface area (Å²) in [5, 5.41) is 0. The van der Waals surface area contributed by atoms with Gasteiger partial charge in [0.05, 0.1) is 16.9 Å². The standard InChI is InChI=1S/C30H27F3N2O2Si/c1-38(2,3)37-29-25-19-11-13-21-27(25)34(22-14-6-4-7-15-22)28(36-29,30(31,32)33)24-18-10-12-20-26(24)35(29)23-16-8-5-9-17-23/h4-21H,1-3H3. The van der Waals surface area contributed by atoms with Gasteiger partial charge in [0.1, 0.15) is 0 Å². The van der Waals surface area contributed by atoms with Crippen LogP contribution in [0.5, 0.6) is 0 Å². The molecule has 4 aromatic rings. The maximum Gasteiger partial charge on any atom is 0.442 e. The third kappa shape index (κ3) is 3.51. The van der Waals surface area contributed by atoms with Crippen molar-refractivity contribution in [2.24, 2.45) is 0 Å². The van der Waals surface area contributed by atoms with Crippen molar-refractivity contribution in [3.8, 4) is 0 Å². The molecule has 38 heavy (non-hydrogen) atoms. The molecule has 0 radical (unpaired) electrons. The normalized spacial score (nSPS) is 22.6. The molecule has 2 bridgehead atoms. The Morgan fingerprint density at radius 1 is 0.632 bits per heavy atom. The first-order valence-corrected chi connectivity index (χ1v) is 15.9. The maximum absolute atomic E-state index is 15.8. The van der Waals surface area contributed by atoms with Crippen molar-refractivity contribution in [1.29, 1.82) is 0 Å². The summed E-state index contributed by atoms with van der Waals surface area (Å²) in [4.78, 5) is 3.06. The SMILES string of the molecule is C[Si](C)(C)OC12OC(C(F)(F)F)(c3ccccc3N1c1ccccc1)N(c1ccccc1)c1ccccc12. The van der Waals surface area contributed by atoms with Crippen LogP contribution in [0, 0.1) is 0 Å². The lowest BCUT2D eigenvalue weighted by molar-refractivity contribution is -0.366. The molecule has 2 unspecified atom stereocenters. The van der Waals surface area contributed by atoms with Gasteiger partial charge in [-0.05, 0) is 62.1 Å². The van der Waals surface area contributed by atoms with Gasteiger partial charge in [0.2, 0.25) is 0 Å². The number of hydrogen-bond acceptors (Lipinski definition) is 4.